The molecule has 0 radical (unpaired) electrons. The van der Waals surface area contributed by atoms with Crippen molar-refractivity contribution in [1.29, 1.82) is 0 Å². The van der Waals surface area contributed by atoms with E-state index in [0.29, 0.717) is 12.2 Å². The molecule has 1 heterocycles. The number of benzene rings is 2. The average Bonchev–Trinajstić information content (AvgIpc) is 3.03. The fourth-order valence-corrected chi connectivity index (χ4v) is 4.23. The molecule has 142 valence electrons. The SMILES string of the molecule is CCC(=O)Nc1ccc([C@@H]2SCC(=O)N2c2ccc(C(C)(C)C)cc2)cc1. The van der Waals surface area contributed by atoms with E-state index in [-0.39, 0.29) is 22.6 Å². The molecule has 0 saturated carbocycles. The molecule has 0 aromatic heterocycles. The fraction of sp³-hybridized carbons (Fsp3) is 0.364. The van der Waals surface area contributed by atoms with Crippen molar-refractivity contribution in [2.24, 2.45) is 0 Å². The van der Waals surface area contributed by atoms with E-state index in [9.17, 15) is 9.59 Å². The van der Waals surface area contributed by atoms with Crippen molar-refractivity contribution in [1.82, 2.24) is 0 Å². The lowest BCUT2D eigenvalue weighted by molar-refractivity contribution is -0.116. The molecular formula is C22H26N2O2S. The molecule has 2 aromatic carbocycles. The van der Waals surface area contributed by atoms with Gasteiger partial charge in [0.15, 0.2) is 0 Å². The van der Waals surface area contributed by atoms with Gasteiger partial charge in [-0.25, -0.2) is 0 Å². The highest BCUT2D eigenvalue weighted by atomic mass is 32.2. The van der Waals surface area contributed by atoms with Gasteiger partial charge in [-0.3, -0.25) is 14.5 Å². The average molecular weight is 383 g/mol. The van der Waals surface area contributed by atoms with Crippen molar-refractivity contribution < 1.29 is 9.59 Å². The molecule has 4 nitrogen and oxygen atoms in total. The number of anilines is 2. The van der Waals surface area contributed by atoms with Gasteiger partial charge in [0.1, 0.15) is 5.37 Å². The van der Waals surface area contributed by atoms with E-state index in [2.05, 4.69) is 38.2 Å². The van der Waals surface area contributed by atoms with E-state index in [1.54, 1.807) is 11.8 Å². The van der Waals surface area contributed by atoms with Gasteiger partial charge in [-0.1, -0.05) is 52.0 Å². The van der Waals surface area contributed by atoms with Crippen LogP contribution in [0.1, 0.15) is 50.6 Å². The van der Waals surface area contributed by atoms with Gasteiger partial charge in [0.05, 0.1) is 5.75 Å². The minimum Gasteiger partial charge on any atom is -0.326 e. The molecule has 2 aromatic rings. The third-order valence-electron chi connectivity index (χ3n) is 4.68. The smallest absolute Gasteiger partial charge is 0.238 e. The maximum absolute atomic E-state index is 12.5. The molecule has 5 heteroatoms. The molecule has 1 aliphatic rings. The minimum atomic E-state index is -0.0473. The molecule has 0 unspecified atom stereocenters. The summed E-state index contributed by atoms with van der Waals surface area (Å²) in [4.78, 5) is 25.9. The first-order chi connectivity index (χ1) is 12.8. The standard InChI is InChI=1S/C22H26N2O2S/c1-5-19(25)23-17-10-6-15(7-11-17)21-24(20(26)14-27-21)18-12-8-16(9-13-18)22(2,3)4/h6-13,21H,5,14H2,1-4H3,(H,23,25)/t21-/m0/s1. The largest absolute Gasteiger partial charge is 0.326 e. The van der Waals surface area contributed by atoms with Crippen LogP contribution in [0.4, 0.5) is 11.4 Å². The molecule has 1 fully saturated rings. The second-order valence-electron chi connectivity index (χ2n) is 7.75. The molecule has 3 rings (SSSR count). The Morgan fingerprint density at radius 2 is 1.74 bits per heavy atom. The zero-order valence-electron chi connectivity index (χ0n) is 16.3. The quantitative estimate of drug-likeness (QED) is 0.799. The van der Waals surface area contributed by atoms with Gasteiger partial charge in [0.2, 0.25) is 11.8 Å². The van der Waals surface area contributed by atoms with Crippen LogP contribution in [0.15, 0.2) is 48.5 Å². The third kappa shape index (κ3) is 4.35. The lowest BCUT2D eigenvalue weighted by atomic mass is 9.87. The number of carbonyl (C=O) groups is 2. The van der Waals surface area contributed by atoms with Crippen molar-refractivity contribution in [3.63, 3.8) is 0 Å². The van der Waals surface area contributed by atoms with Crippen LogP contribution in [0.25, 0.3) is 0 Å². The van der Waals surface area contributed by atoms with Crippen molar-refractivity contribution in [2.75, 3.05) is 16.0 Å². The molecule has 0 aliphatic carbocycles. The monoisotopic (exact) mass is 382 g/mol. The van der Waals surface area contributed by atoms with Crippen LogP contribution in [-0.2, 0) is 15.0 Å². The predicted octanol–water partition coefficient (Wildman–Crippen LogP) is 5.11. The summed E-state index contributed by atoms with van der Waals surface area (Å²) in [6.45, 7) is 8.37. The number of hydrogen-bond donors (Lipinski definition) is 1. The Kier molecular flexibility index (Phi) is 5.61. The van der Waals surface area contributed by atoms with E-state index in [4.69, 9.17) is 0 Å². The van der Waals surface area contributed by atoms with Gasteiger partial charge in [-0.05, 0) is 40.8 Å². The van der Waals surface area contributed by atoms with Crippen molar-refractivity contribution in [3.05, 3.63) is 59.7 Å². The number of nitrogens with zero attached hydrogens (tertiary/aromatic N) is 1. The van der Waals surface area contributed by atoms with Gasteiger partial charge in [0.25, 0.3) is 0 Å². The maximum atomic E-state index is 12.5. The van der Waals surface area contributed by atoms with E-state index in [1.807, 2.05) is 48.2 Å². The number of thioether (sulfide) groups is 1. The second-order valence-corrected chi connectivity index (χ2v) is 8.82. The van der Waals surface area contributed by atoms with Crippen LogP contribution in [-0.4, -0.2) is 17.6 Å². The first-order valence-corrected chi connectivity index (χ1v) is 10.3. The molecule has 1 N–H and O–H groups in total. The number of amides is 2. The Morgan fingerprint density at radius 1 is 1.11 bits per heavy atom. The van der Waals surface area contributed by atoms with Gasteiger partial charge < -0.3 is 5.32 Å². The number of carbonyl (C=O) groups excluding carboxylic acids is 2. The van der Waals surface area contributed by atoms with Crippen LogP contribution < -0.4 is 10.2 Å². The summed E-state index contributed by atoms with van der Waals surface area (Å²) in [5.41, 5.74) is 4.09. The van der Waals surface area contributed by atoms with Gasteiger partial charge in [-0.15, -0.1) is 11.8 Å². The van der Waals surface area contributed by atoms with E-state index in [0.717, 1.165) is 16.9 Å². The van der Waals surface area contributed by atoms with Crippen LogP contribution >= 0.6 is 11.8 Å². The molecular weight excluding hydrogens is 356 g/mol. The highest BCUT2D eigenvalue weighted by molar-refractivity contribution is 8.00. The zero-order valence-corrected chi connectivity index (χ0v) is 17.1. The van der Waals surface area contributed by atoms with Crippen molar-refractivity contribution in [2.45, 2.75) is 44.9 Å². The Hall–Kier alpha value is -2.27. The van der Waals surface area contributed by atoms with Crippen LogP contribution in [0.2, 0.25) is 0 Å². The predicted molar refractivity (Wildman–Crippen MR) is 113 cm³/mol. The van der Waals surface area contributed by atoms with Gasteiger partial charge >= 0.3 is 0 Å². The molecule has 0 bridgehead atoms. The lowest BCUT2D eigenvalue weighted by Gasteiger charge is -2.26. The number of nitrogens with one attached hydrogen (secondary N) is 1. The van der Waals surface area contributed by atoms with Crippen LogP contribution in [0.3, 0.4) is 0 Å². The lowest BCUT2D eigenvalue weighted by Crippen LogP contribution is -2.28. The Balaban J connectivity index is 1.83. The summed E-state index contributed by atoms with van der Waals surface area (Å²) in [6.07, 6.45) is 0.451. The fourth-order valence-electron chi connectivity index (χ4n) is 3.05. The molecule has 1 atom stereocenters. The van der Waals surface area contributed by atoms with E-state index < -0.39 is 0 Å². The Bertz CT molecular complexity index is 823. The normalized spacial score (nSPS) is 17.3. The van der Waals surface area contributed by atoms with Gasteiger partial charge in [0, 0.05) is 17.8 Å². The summed E-state index contributed by atoms with van der Waals surface area (Å²) in [7, 11) is 0. The van der Waals surface area contributed by atoms with E-state index >= 15 is 0 Å². The first-order valence-electron chi connectivity index (χ1n) is 9.23. The maximum Gasteiger partial charge on any atom is 0.238 e. The molecule has 1 aliphatic heterocycles. The molecule has 0 spiro atoms. The molecule has 27 heavy (non-hydrogen) atoms. The first kappa shape index (κ1) is 19.5. The van der Waals surface area contributed by atoms with Crippen LogP contribution in [0, 0.1) is 0 Å². The minimum absolute atomic E-state index is 0.00580. The van der Waals surface area contributed by atoms with Crippen molar-refractivity contribution >= 4 is 35.0 Å². The van der Waals surface area contributed by atoms with Crippen molar-refractivity contribution in [3.8, 4) is 0 Å². The number of rotatable bonds is 4. The summed E-state index contributed by atoms with van der Waals surface area (Å²) in [5.74, 6) is 0.589. The summed E-state index contributed by atoms with van der Waals surface area (Å²) >= 11 is 1.63. The molecule has 1 saturated heterocycles. The topological polar surface area (TPSA) is 49.4 Å². The Labute approximate surface area is 165 Å². The number of hydrogen-bond acceptors (Lipinski definition) is 3. The van der Waals surface area contributed by atoms with Gasteiger partial charge in [-0.2, -0.15) is 0 Å². The second kappa shape index (κ2) is 7.77. The highest BCUT2D eigenvalue weighted by Gasteiger charge is 2.34. The summed E-state index contributed by atoms with van der Waals surface area (Å²) in [5, 5.41) is 2.81. The summed E-state index contributed by atoms with van der Waals surface area (Å²) in [6, 6.07) is 16.0. The highest BCUT2D eigenvalue weighted by Crippen LogP contribution is 2.42. The summed E-state index contributed by atoms with van der Waals surface area (Å²) < 4.78 is 0. The Morgan fingerprint density at radius 3 is 2.30 bits per heavy atom. The third-order valence-corrected chi connectivity index (χ3v) is 5.89. The van der Waals surface area contributed by atoms with Crippen LogP contribution in [0.5, 0.6) is 0 Å². The molecule has 2 amide bonds. The van der Waals surface area contributed by atoms with E-state index in [1.165, 1.54) is 5.56 Å². The zero-order chi connectivity index (χ0) is 19.6.